The van der Waals surface area contributed by atoms with Gasteiger partial charge < -0.3 is 27.6 Å². The summed E-state index contributed by atoms with van der Waals surface area (Å²) in [5.74, 6) is -2.99. The summed E-state index contributed by atoms with van der Waals surface area (Å²) in [6, 6.07) is -1.18. The molecule has 0 aromatic carbocycles. The molecular weight excluding hydrogens is 192 g/mol. The minimum atomic E-state index is -1.54. The highest BCUT2D eigenvalue weighted by Gasteiger charge is 2.20. The summed E-state index contributed by atoms with van der Waals surface area (Å²) in [7, 11) is 0. The summed E-state index contributed by atoms with van der Waals surface area (Å²) >= 11 is 0. The SMILES string of the molecule is NC(=O)C[C@@H](N)C(=O)N[C@H](N)C(=O)O. The molecule has 0 saturated heterocycles. The number of carbonyl (C=O) groups is 3. The number of nitrogens with one attached hydrogen (secondary N) is 1. The molecule has 8 nitrogen and oxygen atoms in total. The van der Waals surface area contributed by atoms with Crippen LogP contribution in [0.25, 0.3) is 0 Å². The Morgan fingerprint density at radius 3 is 2.14 bits per heavy atom. The van der Waals surface area contributed by atoms with Crippen molar-refractivity contribution < 1.29 is 19.5 Å². The zero-order valence-corrected chi connectivity index (χ0v) is 7.27. The van der Waals surface area contributed by atoms with Gasteiger partial charge in [0.2, 0.25) is 11.8 Å². The largest absolute Gasteiger partial charge is 0.479 e. The molecule has 0 saturated carbocycles. The Morgan fingerprint density at radius 2 is 1.79 bits per heavy atom. The van der Waals surface area contributed by atoms with Crippen LogP contribution in [0.4, 0.5) is 0 Å². The molecule has 0 bridgehead atoms. The lowest BCUT2D eigenvalue weighted by molar-refractivity contribution is -0.141. The summed E-state index contributed by atoms with van der Waals surface area (Å²) in [6.45, 7) is 0. The van der Waals surface area contributed by atoms with E-state index in [1.54, 1.807) is 0 Å². The van der Waals surface area contributed by atoms with Gasteiger partial charge in [-0.2, -0.15) is 0 Å². The van der Waals surface area contributed by atoms with Crippen molar-refractivity contribution in [3.8, 4) is 0 Å². The van der Waals surface area contributed by atoms with Crippen LogP contribution in [0.3, 0.4) is 0 Å². The van der Waals surface area contributed by atoms with E-state index in [4.69, 9.17) is 22.3 Å². The van der Waals surface area contributed by atoms with Gasteiger partial charge >= 0.3 is 5.97 Å². The number of primary amides is 1. The molecule has 0 radical (unpaired) electrons. The number of amides is 2. The number of hydrogen-bond donors (Lipinski definition) is 5. The van der Waals surface area contributed by atoms with Gasteiger partial charge in [0.15, 0.2) is 6.17 Å². The third kappa shape index (κ3) is 4.38. The van der Waals surface area contributed by atoms with Gasteiger partial charge in [0, 0.05) is 0 Å². The first kappa shape index (κ1) is 12.3. The van der Waals surface area contributed by atoms with E-state index in [0.29, 0.717) is 0 Å². The molecule has 0 aromatic rings. The Morgan fingerprint density at radius 1 is 1.29 bits per heavy atom. The highest BCUT2D eigenvalue weighted by Crippen LogP contribution is 1.87. The fourth-order valence-electron chi connectivity index (χ4n) is 0.631. The molecule has 0 aliphatic heterocycles. The van der Waals surface area contributed by atoms with E-state index < -0.39 is 30.0 Å². The average Bonchev–Trinajstić information content (AvgIpc) is 2.02. The molecule has 14 heavy (non-hydrogen) atoms. The average molecular weight is 204 g/mol. The molecule has 0 heterocycles. The fourth-order valence-corrected chi connectivity index (χ4v) is 0.631. The number of hydrogen-bond acceptors (Lipinski definition) is 5. The van der Waals surface area contributed by atoms with E-state index in [-0.39, 0.29) is 6.42 Å². The summed E-state index contributed by atoms with van der Waals surface area (Å²) in [5.41, 5.74) is 15.0. The van der Waals surface area contributed by atoms with Gasteiger partial charge in [-0.1, -0.05) is 0 Å². The van der Waals surface area contributed by atoms with E-state index in [1.807, 2.05) is 5.32 Å². The molecule has 0 aliphatic rings. The van der Waals surface area contributed by atoms with Crippen molar-refractivity contribution in [3.05, 3.63) is 0 Å². The molecule has 0 fully saturated rings. The topological polar surface area (TPSA) is 162 Å². The van der Waals surface area contributed by atoms with Crippen LogP contribution in [-0.2, 0) is 14.4 Å². The maximum Gasteiger partial charge on any atom is 0.341 e. The van der Waals surface area contributed by atoms with E-state index in [9.17, 15) is 14.4 Å². The van der Waals surface area contributed by atoms with Gasteiger partial charge in [-0.15, -0.1) is 0 Å². The molecule has 0 unspecified atom stereocenters. The minimum absolute atomic E-state index is 0.363. The summed E-state index contributed by atoms with van der Waals surface area (Å²) in [4.78, 5) is 31.6. The smallest absolute Gasteiger partial charge is 0.341 e. The standard InChI is InChI=1S/C6H12N4O4/c7-2(1-3(8)11)5(12)10-4(9)6(13)14/h2,4H,1,7,9H2,(H2,8,11)(H,10,12)(H,13,14)/t2-,4+/m1/s1. The predicted molar refractivity (Wildman–Crippen MR) is 45.5 cm³/mol. The molecule has 0 aliphatic carbocycles. The number of rotatable bonds is 5. The van der Waals surface area contributed by atoms with Crippen LogP contribution in [0, 0.1) is 0 Å². The number of carboxylic acid groups (broad SMARTS) is 1. The predicted octanol–water partition coefficient (Wildman–Crippen LogP) is -3.33. The van der Waals surface area contributed by atoms with Crippen LogP contribution in [0.15, 0.2) is 0 Å². The molecule has 0 spiro atoms. The third-order valence-corrected chi connectivity index (χ3v) is 1.32. The lowest BCUT2D eigenvalue weighted by Gasteiger charge is -2.13. The second kappa shape index (κ2) is 5.14. The van der Waals surface area contributed by atoms with Crippen LogP contribution in [-0.4, -0.2) is 35.1 Å². The molecule has 8 N–H and O–H groups in total. The monoisotopic (exact) mass is 204 g/mol. The first-order valence-corrected chi connectivity index (χ1v) is 3.67. The number of nitrogens with two attached hydrogens (primary N) is 3. The van der Waals surface area contributed by atoms with E-state index in [0.717, 1.165) is 0 Å². The van der Waals surface area contributed by atoms with Crippen molar-refractivity contribution in [3.63, 3.8) is 0 Å². The quantitative estimate of drug-likeness (QED) is 0.294. The summed E-state index contributed by atoms with van der Waals surface area (Å²) < 4.78 is 0. The van der Waals surface area contributed by atoms with E-state index in [2.05, 4.69) is 0 Å². The molecule has 2 atom stereocenters. The van der Waals surface area contributed by atoms with Gasteiger partial charge in [-0.3, -0.25) is 9.59 Å². The Bertz CT molecular complexity index is 254. The van der Waals surface area contributed by atoms with Gasteiger partial charge in [0.1, 0.15) is 0 Å². The van der Waals surface area contributed by atoms with Gasteiger partial charge in [0.25, 0.3) is 0 Å². The molecule has 80 valence electrons. The number of aliphatic carboxylic acids is 1. The van der Waals surface area contributed by atoms with Crippen molar-refractivity contribution in [1.82, 2.24) is 5.32 Å². The minimum Gasteiger partial charge on any atom is -0.479 e. The van der Waals surface area contributed by atoms with Crippen molar-refractivity contribution in [2.24, 2.45) is 17.2 Å². The molecular formula is C6H12N4O4. The Labute approximate surface area is 79.4 Å². The molecule has 0 rings (SSSR count). The summed E-state index contributed by atoms with van der Waals surface area (Å²) in [6.07, 6.45) is -1.90. The van der Waals surface area contributed by atoms with E-state index >= 15 is 0 Å². The van der Waals surface area contributed by atoms with Crippen molar-refractivity contribution in [2.75, 3.05) is 0 Å². The van der Waals surface area contributed by atoms with Crippen LogP contribution >= 0.6 is 0 Å². The second-order valence-corrected chi connectivity index (χ2v) is 2.60. The third-order valence-electron chi connectivity index (χ3n) is 1.32. The first-order chi connectivity index (χ1) is 6.34. The van der Waals surface area contributed by atoms with Crippen molar-refractivity contribution >= 4 is 17.8 Å². The fraction of sp³-hybridized carbons (Fsp3) is 0.500. The second-order valence-electron chi connectivity index (χ2n) is 2.60. The number of carbonyl (C=O) groups excluding carboxylic acids is 2. The van der Waals surface area contributed by atoms with Crippen LogP contribution < -0.4 is 22.5 Å². The molecule has 0 aromatic heterocycles. The van der Waals surface area contributed by atoms with Gasteiger partial charge in [-0.25, -0.2) is 4.79 Å². The Kier molecular flexibility index (Phi) is 4.53. The van der Waals surface area contributed by atoms with Crippen molar-refractivity contribution in [2.45, 2.75) is 18.6 Å². The maximum absolute atomic E-state index is 11.0. The zero-order chi connectivity index (χ0) is 11.3. The van der Waals surface area contributed by atoms with E-state index in [1.165, 1.54) is 0 Å². The lowest BCUT2D eigenvalue weighted by Crippen LogP contribution is -2.53. The maximum atomic E-state index is 11.0. The highest BCUT2D eigenvalue weighted by atomic mass is 16.4. The molecule has 2 amide bonds. The first-order valence-electron chi connectivity index (χ1n) is 3.67. The van der Waals surface area contributed by atoms with Gasteiger partial charge in [0.05, 0.1) is 12.5 Å². The zero-order valence-electron chi connectivity index (χ0n) is 7.27. The van der Waals surface area contributed by atoms with Crippen LogP contribution in [0.1, 0.15) is 6.42 Å². The Hall–Kier alpha value is -1.67. The summed E-state index contributed by atoms with van der Waals surface area (Å²) in [5, 5.41) is 10.2. The normalized spacial score (nSPS) is 14.1. The van der Waals surface area contributed by atoms with Gasteiger partial charge in [-0.05, 0) is 0 Å². The highest BCUT2D eigenvalue weighted by molar-refractivity contribution is 5.90. The number of carboxylic acids is 1. The van der Waals surface area contributed by atoms with Crippen molar-refractivity contribution in [1.29, 1.82) is 0 Å². The molecule has 8 heteroatoms. The van der Waals surface area contributed by atoms with Crippen LogP contribution in [0.2, 0.25) is 0 Å². The Balaban J connectivity index is 4.07. The van der Waals surface area contributed by atoms with Crippen LogP contribution in [0.5, 0.6) is 0 Å². The lowest BCUT2D eigenvalue weighted by atomic mass is 10.2.